The van der Waals surface area contributed by atoms with Crippen LogP contribution in [0.5, 0.6) is 5.75 Å². The van der Waals surface area contributed by atoms with Crippen LogP contribution in [0.2, 0.25) is 5.02 Å². The Hall–Kier alpha value is -3.57. The first-order valence-electron chi connectivity index (χ1n) is 10.2. The number of anilines is 2. The lowest BCUT2D eigenvalue weighted by molar-refractivity contribution is -0.120. The van der Waals surface area contributed by atoms with Crippen molar-refractivity contribution in [3.05, 3.63) is 93.6 Å². The molecule has 0 radical (unpaired) electrons. The number of rotatable bonds is 5. The molecule has 5 nitrogen and oxygen atoms in total. The van der Waals surface area contributed by atoms with Gasteiger partial charge in [0.2, 0.25) is 0 Å². The molecule has 162 valence electrons. The number of imide groups is 1. The van der Waals surface area contributed by atoms with Crippen LogP contribution in [0.4, 0.5) is 11.4 Å². The molecule has 1 aliphatic heterocycles. The monoisotopic (exact) mass is 446 g/mol. The van der Waals surface area contributed by atoms with Gasteiger partial charge in [-0.05, 0) is 67.8 Å². The van der Waals surface area contributed by atoms with Gasteiger partial charge in [-0.1, -0.05) is 47.5 Å². The summed E-state index contributed by atoms with van der Waals surface area (Å²) in [5.74, 6) is -0.238. The number of nitrogens with zero attached hydrogens (tertiary/aromatic N) is 1. The van der Waals surface area contributed by atoms with Gasteiger partial charge in [0, 0.05) is 5.02 Å². The van der Waals surface area contributed by atoms with Crippen LogP contribution < -0.4 is 15.0 Å². The van der Waals surface area contributed by atoms with Gasteiger partial charge in [0.1, 0.15) is 11.4 Å². The van der Waals surface area contributed by atoms with E-state index in [4.69, 9.17) is 16.3 Å². The van der Waals surface area contributed by atoms with E-state index >= 15 is 0 Å². The average Bonchev–Trinajstić information content (AvgIpc) is 2.99. The minimum atomic E-state index is -0.421. The number of carbonyl (C=O) groups excluding carboxylic acids is 2. The molecule has 4 rings (SSSR count). The first-order valence-corrected chi connectivity index (χ1v) is 10.6. The van der Waals surface area contributed by atoms with E-state index < -0.39 is 11.8 Å². The fourth-order valence-corrected chi connectivity index (χ4v) is 3.99. The summed E-state index contributed by atoms with van der Waals surface area (Å²) in [6.07, 6.45) is 0. The molecule has 1 N–H and O–H groups in total. The lowest BCUT2D eigenvalue weighted by Gasteiger charge is -2.18. The molecule has 0 unspecified atom stereocenters. The number of nitrogens with one attached hydrogen (secondary N) is 1. The van der Waals surface area contributed by atoms with Gasteiger partial charge >= 0.3 is 0 Å². The number of ether oxygens (including phenoxy) is 1. The summed E-state index contributed by atoms with van der Waals surface area (Å²) in [7, 11) is 1.56. The van der Waals surface area contributed by atoms with Gasteiger partial charge in [-0.15, -0.1) is 0 Å². The Morgan fingerprint density at radius 3 is 2.16 bits per heavy atom. The van der Waals surface area contributed by atoms with Gasteiger partial charge in [0.15, 0.2) is 0 Å². The van der Waals surface area contributed by atoms with Crippen LogP contribution in [0, 0.1) is 20.8 Å². The van der Waals surface area contributed by atoms with Crippen LogP contribution in [0.25, 0.3) is 5.57 Å². The first-order chi connectivity index (χ1) is 15.3. The SMILES string of the molecule is COc1ccc(C)cc1NC1=C(c2ccc(Cl)cc2)C(=O)N(c2ccc(C)cc2C)C1=O. The zero-order chi connectivity index (χ0) is 23.0. The van der Waals surface area contributed by atoms with E-state index in [1.807, 2.05) is 51.1 Å². The summed E-state index contributed by atoms with van der Waals surface area (Å²) in [5, 5.41) is 3.73. The lowest BCUT2D eigenvalue weighted by Crippen LogP contribution is -2.33. The molecule has 1 heterocycles. The molecular formula is C26H23ClN2O3. The van der Waals surface area contributed by atoms with Crippen molar-refractivity contribution in [3.63, 3.8) is 0 Å². The number of halogens is 1. The number of methoxy groups -OCH3 is 1. The van der Waals surface area contributed by atoms with Gasteiger partial charge in [-0.2, -0.15) is 0 Å². The van der Waals surface area contributed by atoms with E-state index in [0.717, 1.165) is 16.7 Å². The highest BCUT2D eigenvalue weighted by Crippen LogP contribution is 2.37. The number of aryl methyl sites for hydroxylation is 3. The molecule has 2 amide bonds. The maximum Gasteiger partial charge on any atom is 0.282 e. The second kappa shape index (κ2) is 8.52. The molecule has 3 aromatic rings. The van der Waals surface area contributed by atoms with Crippen molar-refractivity contribution < 1.29 is 14.3 Å². The summed E-state index contributed by atoms with van der Waals surface area (Å²) >= 11 is 6.06. The summed E-state index contributed by atoms with van der Waals surface area (Å²) < 4.78 is 5.46. The van der Waals surface area contributed by atoms with Gasteiger partial charge in [0.05, 0.1) is 24.1 Å². The number of amides is 2. The van der Waals surface area contributed by atoms with Crippen molar-refractivity contribution >= 4 is 40.4 Å². The largest absolute Gasteiger partial charge is 0.495 e. The molecule has 0 spiro atoms. The molecule has 1 aliphatic rings. The highest BCUT2D eigenvalue weighted by Gasteiger charge is 2.41. The highest BCUT2D eigenvalue weighted by molar-refractivity contribution is 6.46. The molecule has 0 atom stereocenters. The van der Waals surface area contributed by atoms with Crippen LogP contribution in [0.1, 0.15) is 22.3 Å². The molecule has 6 heteroatoms. The highest BCUT2D eigenvalue weighted by atomic mass is 35.5. The van der Waals surface area contributed by atoms with Crippen molar-refractivity contribution in [2.24, 2.45) is 0 Å². The van der Waals surface area contributed by atoms with E-state index in [0.29, 0.717) is 27.7 Å². The maximum atomic E-state index is 13.6. The van der Waals surface area contributed by atoms with Crippen LogP contribution in [-0.4, -0.2) is 18.9 Å². The zero-order valence-electron chi connectivity index (χ0n) is 18.3. The molecule has 3 aromatic carbocycles. The topological polar surface area (TPSA) is 58.6 Å². The number of carbonyl (C=O) groups is 2. The molecular weight excluding hydrogens is 424 g/mol. The van der Waals surface area contributed by atoms with E-state index in [1.165, 1.54) is 4.90 Å². The minimum Gasteiger partial charge on any atom is -0.495 e. The van der Waals surface area contributed by atoms with E-state index in [9.17, 15) is 9.59 Å². The fraction of sp³-hybridized carbons (Fsp3) is 0.154. The first kappa shape index (κ1) is 21.7. The van der Waals surface area contributed by atoms with Crippen LogP contribution in [-0.2, 0) is 9.59 Å². The Labute approximate surface area is 192 Å². The van der Waals surface area contributed by atoms with Crippen LogP contribution >= 0.6 is 11.6 Å². The number of hydrogen-bond donors (Lipinski definition) is 1. The molecule has 0 saturated carbocycles. The summed E-state index contributed by atoms with van der Waals surface area (Å²) in [5.41, 5.74) is 5.15. The zero-order valence-corrected chi connectivity index (χ0v) is 19.1. The second-order valence-corrected chi connectivity index (χ2v) is 8.26. The van der Waals surface area contributed by atoms with Gasteiger partial charge < -0.3 is 10.1 Å². The Morgan fingerprint density at radius 1 is 0.844 bits per heavy atom. The lowest BCUT2D eigenvalue weighted by atomic mass is 10.0. The Bertz CT molecular complexity index is 1260. The smallest absolute Gasteiger partial charge is 0.282 e. The van der Waals surface area contributed by atoms with E-state index in [-0.39, 0.29) is 11.3 Å². The van der Waals surface area contributed by atoms with Gasteiger partial charge in [-0.3, -0.25) is 9.59 Å². The third kappa shape index (κ3) is 3.87. The Balaban J connectivity index is 1.87. The fourth-order valence-electron chi connectivity index (χ4n) is 3.86. The molecule has 0 fully saturated rings. The Morgan fingerprint density at radius 2 is 1.50 bits per heavy atom. The van der Waals surface area contributed by atoms with Gasteiger partial charge in [0.25, 0.3) is 11.8 Å². The maximum absolute atomic E-state index is 13.6. The van der Waals surface area contributed by atoms with Crippen molar-refractivity contribution in [1.29, 1.82) is 0 Å². The third-order valence-corrected chi connectivity index (χ3v) is 5.68. The predicted molar refractivity (Wildman–Crippen MR) is 128 cm³/mol. The number of hydrogen-bond acceptors (Lipinski definition) is 4. The molecule has 32 heavy (non-hydrogen) atoms. The van der Waals surface area contributed by atoms with Crippen molar-refractivity contribution in [2.45, 2.75) is 20.8 Å². The molecule has 0 aromatic heterocycles. The minimum absolute atomic E-state index is 0.196. The standard InChI is InChI=1S/C26H23ClN2O3/c1-15-5-11-21(17(3)13-15)29-25(30)23(18-7-9-19(27)10-8-18)24(26(29)31)28-20-14-16(2)6-12-22(20)32-4/h5-14,28H,1-4H3. The van der Waals surface area contributed by atoms with Crippen LogP contribution in [0.3, 0.4) is 0 Å². The summed E-state index contributed by atoms with van der Waals surface area (Å²) in [4.78, 5) is 28.4. The predicted octanol–water partition coefficient (Wildman–Crippen LogP) is 5.67. The van der Waals surface area contributed by atoms with Crippen molar-refractivity contribution in [3.8, 4) is 5.75 Å². The van der Waals surface area contributed by atoms with Crippen molar-refractivity contribution in [1.82, 2.24) is 0 Å². The normalized spacial score (nSPS) is 13.7. The molecule has 0 aliphatic carbocycles. The van der Waals surface area contributed by atoms with Gasteiger partial charge in [-0.25, -0.2) is 4.90 Å². The van der Waals surface area contributed by atoms with Crippen molar-refractivity contribution in [2.75, 3.05) is 17.3 Å². The quantitative estimate of drug-likeness (QED) is 0.513. The van der Waals surface area contributed by atoms with E-state index in [1.54, 1.807) is 37.4 Å². The summed E-state index contributed by atoms with van der Waals surface area (Å²) in [6, 6.07) is 18.1. The molecule has 0 bridgehead atoms. The number of benzene rings is 3. The third-order valence-electron chi connectivity index (χ3n) is 5.42. The average molecular weight is 447 g/mol. The summed E-state index contributed by atoms with van der Waals surface area (Å²) in [6.45, 7) is 5.81. The Kier molecular flexibility index (Phi) is 5.76. The molecule has 0 saturated heterocycles. The van der Waals surface area contributed by atoms with E-state index in [2.05, 4.69) is 5.32 Å². The second-order valence-electron chi connectivity index (χ2n) is 7.82. The van der Waals surface area contributed by atoms with Crippen LogP contribution in [0.15, 0.2) is 66.4 Å².